The predicted octanol–water partition coefficient (Wildman–Crippen LogP) is 2.77. The van der Waals surface area contributed by atoms with Gasteiger partial charge in [-0.2, -0.15) is 13.2 Å². The zero-order valence-corrected chi connectivity index (χ0v) is 6.82. The van der Waals surface area contributed by atoms with Crippen LogP contribution in [0.3, 0.4) is 0 Å². The van der Waals surface area contributed by atoms with Crippen molar-refractivity contribution < 1.29 is 23.4 Å². The Kier molecular flexibility index (Phi) is 2.30. The first-order valence-corrected chi connectivity index (χ1v) is 3.49. The molecule has 0 atom stereocenters. The first-order valence-electron chi connectivity index (χ1n) is 3.11. The standard InChI is InChI=1S/C7H4ClF3O2/c8-6-4(13)2-1-3(12)5(6)7(9,10)11/h1-2,12-13H. The number of benzene rings is 1. The average Bonchev–Trinajstić information content (AvgIpc) is 1.95. The van der Waals surface area contributed by atoms with Crippen molar-refractivity contribution in [2.24, 2.45) is 0 Å². The van der Waals surface area contributed by atoms with Gasteiger partial charge in [0.15, 0.2) is 0 Å². The van der Waals surface area contributed by atoms with E-state index in [0.29, 0.717) is 0 Å². The van der Waals surface area contributed by atoms with Crippen LogP contribution in [0.1, 0.15) is 5.56 Å². The van der Waals surface area contributed by atoms with E-state index in [1.54, 1.807) is 0 Å². The molecule has 0 aliphatic rings. The van der Waals surface area contributed by atoms with E-state index >= 15 is 0 Å². The van der Waals surface area contributed by atoms with Gasteiger partial charge >= 0.3 is 6.18 Å². The van der Waals surface area contributed by atoms with E-state index in [1.165, 1.54) is 0 Å². The Bertz CT molecular complexity index is 335. The second kappa shape index (κ2) is 2.99. The van der Waals surface area contributed by atoms with Crippen molar-refractivity contribution in [1.29, 1.82) is 0 Å². The summed E-state index contributed by atoms with van der Waals surface area (Å²) in [5.41, 5.74) is -1.42. The number of rotatable bonds is 0. The Morgan fingerprint density at radius 1 is 1.08 bits per heavy atom. The van der Waals surface area contributed by atoms with Crippen molar-refractivity contribution in [2.75, 3.05) is 0 Å². The lowest BCUT2D eigenvalue weighted by atomic mass is 10.2. The van der Waals surface area contributed by atoms with E-state index in [1.807, 2.05) is 0 Å². The highest BCUT2D eigenvalue weighted by Crippen LogP contribution is 2.43. The molecule has 0 radical (unpaired) electrons. The van der Waals surface area contributed by atoms with Gasteiger partial charge in [0.1, 0.15) is 17.1 Å². The summed E-state index contributed by atoms with van der Waals surface area (Å²) >= 11 is 5.15. The van der Waals surface area contributed by atoms with Crippen LogP contribution in [0.4, 0.5) is 13.2 Å². The van der Waals surface area contributed by atoms with Crippen molar-refractivity contribution in [3.8, 4) is 11.5 Å². The predicted molar refractivity (Wildman–Crippen MR) is 39.8 cm³/mol. The molecular formula is C7H4ClF3O2. The van der Waals surface area contributed by atoms with Gasteiger partial charge in [-0.05, 0) is 12.1 Å². The van der Waals surface area contributed by atoms with Crippen LogP contribution in [-0.4, -0.2) is 10.2 Å². The highest BCUT2D eigenvalue weighted by atomic mass is 35.5. The molecule has 0 saturated heterocycles. The summed E-state index contributed by atoms with van der Waals surface area (Å²) in [5, 5.41) is 16.8. The fourth-order valence-electron chi connectivity index (χ4n) is 0.825. The third-order valence-corrected chi connectivity index (χ3v) is 1.77. The van der Waals surface area contributed by atoms with Gasteiger partial charge in [0.2, 0.25) is 0 Å². The van der Waals surface area contributed by atoms with E-state index in [2.05, 4.69) is 0 Å². The molecule has 0 spiro atoms. The summed E-state index contributed by atoms with van der Waals surface area (Å²) in [6, 6.07) is 1.61. The number of phenolic OH excluding ortho intramolecular Hbond substituents is 2. The molecule has 0 fully saturated rings. The molecule has 0 saturated carbocycles. The maximum absolute atomic E-state index is 12.1. The number of aromatic hydroxyl groups is 2. The largest absolute Gasteiger partial charge is 0.507 e. The minimum absolute atomic E-state index is 0.716. The van der Waals surface area contributed by atoms with E-state index in [4.69, 9.17) is 21.8 Å². The van der Waals surface area contributed by atoms with E-state index < -0.39 is 28.3 Å². The van der Waals surface area contributed by atoms with Crippen LogP contribution in [0.25, 0.3) is 0 Å². The normalized spacial score (nSPS) is 11.7. The summed E-state index contributed by atoms with van der Waals surface area (Å²) in [7, 11) is 0. The van der Waals surface area contributed by atoms with Crippen molar-refractivity contribution in [3.63, 3.8) is 0 Å². The third-order valence-electron chi connectivity index (χ3n) is 1.38. The fraction of sp³-hybridized carbons (Fsp3) is 0.143. The van der Waals surface area contributed by atoms with Gasteiger partial charge in [-0.15, -0.1) is 0 Å². The summed E-state index contributed by atoms with van der Waals surface area (Å²) < 4.78 is 36.4. The molecular weight excluding hydrogens is 209 g/mol. The molecule has 0 unspecified atom stereocenters. The molecule has 0 aliphatic carbocycles. The van der Waals surface area contributed by atoms with E-state index in [-0.39, 0.29) is 0 Å². The lowest BCUT2D eigenvalue weighted by Gasteiger charge is -2.11. The second-order valence-corrected chi connectivity index (χ2v) is 2.67. The molecule has 1 aromatic carbocycles. The zero-order chi connectivity index (χ0) is 10.2. The van der Waals surface area contributed by atoms with Crippen molar-refractivity contribution in [3.05, 3.63) is 22.7 Å². The van der Waals surface area contributed by atoms with Gasteiger partial charge in [-0.25, -0.2) is 0 Å². The van der Waals surface area contributed by atoms with Crippen molar-refractivity contribution in [1.82, 2.24) is 0 Å². The van der Waals surface area contributed by atoms with Crippen molar-refractivity contribution >= 4 is 11.6 Å². The molecule has 2 N–H and O–H groups in total. The van der Waals surface area contributed by atoms with Crippen LogP contribution in [-0.2, 0) is 6.18 Å². The minimum Gasteiger partial charge on any atom is -0.507 e. The number of phenols is 2. The maximum Gasteiger partial charge on any atom is 0.421 e. The molecule has 0 bridgehead atoms. The van der Waals surface area contributed by atoms with Gasteiger partial charge < -0.3 is 10.2 Å². The Morgan fingerprint density at radius 2 is 1.54 bits per heavy atom. The topological polar surface area (TPSA) is 40.5 Å². The summed E-state index contributed by atoms with van der Waals surface area (Å²) in [4.78, 5) is 0. The maximum atomic E-state index is 12.1. The molecule has 13 heavy (non-hydrogen) atoms. The number of hydrogen-bond acceptors (Lipinski definition) is 2. The summed E-state index contributed by atoms with van der Waals surface area (Å²) in [6.45, 7) is 0. The quantitative estimate of drug-likeness (QED) is 0.649. The zero-order valence-electron chi connectivity index (χ0n) is 6.06. The first-order chi connectivity index (χ1) is 5.84. The van der Waals surface area contributed by atoms with Gasteiger partial charge in [-0.3, -0.25) is 0 Å². The number of alkyl halides is 3. The van der Waals surface area contributed by atoms with Crippen LogP contribution in [0, 0.1) is 0 Å². The Balaban J connectivity index is 3.43. The molecule has 1 rings (SSSR count). The average molecular weight is 213 g/mol. The minimum atomic E-state index is -4.78. The van der Waals surface area contributed by atoms with Crippen LogP contribution in [0.5, 0.6) is 11.5 Å². The molecule has 2 nitrogen and oxygen atoms in total. The second-order valence-electron chi connectivity index (χ2n) is 2.29. The SMILES string of the molecule is Oc1ccc(O)c(C(F)(F)F)c1Cl. The lowest BCUT2D eigenvalue weighted by Crippen LogP contribution is -2.06. The fourth-order valence-corrected chi connectivity index (χ4v) is 1.09. The Hall–Kier alpha value is -1.10. The molecule has 1 aromatic rings. The van der Waals surface area contributed by atoms with Crippen LogP contribution in [0.2, 0.25) is 5.02 Å². The summed E-state index contributed by atoms with van der Waals surface area (Å²) in [6.07, 6.45) is -4.78. The Labute approximate surface area is 76.2 Å². The lowest BCUT2D eigenvalue weighted by molar-refractivity contribution is -0.138. The molecule has 72 valence electrons. The van der Waals surface area contributed by atoms with Crippen LogP contribution in [0.15, 0.2) is 12.1 Å². The Morgan fingerprint density at radius 3 is 1.92 bits per heavy atom. The van der Waals surface area contributed by atoms with Crippen molar-refractivity contribution in [2.45, 2.75) is 6.18 Å². The number of hydrogen-bond donors (Lipinski definition) is 2. The van der Waals surface area contributed by atoms with E-state index in [9.17, 15) is 13.2 Å². The van der Waals surface area contributed by atoms with Gasteiger partial charge in [0.25, 0.3) is 0 Å². The first kappa shape index (κ1) is 9.98. The smallest absolute Gasteiger partial charge is 0.421 e. The molecule has 0 aromatic heterocycles. The van der Waals surface area contributed by atoms with Gasteiger partial charge in [-0.1, -0.05) is 11.6 Å². The summed E-state index contributed by atoms with van der Waals surface area (Å²) in [5.74, 6) is -1.72. The monoisotopic (exact) mass is 212 g/mol. The van der Waals surface area contributed by atoms with Crippen LogP contribution >= 0.6 is 11.6 Å². The van der Waals surface area contributed by atoms with Crippen LogP contribution < -0.4 is 0 Å². The van der Waals surface area contributed by atoms with E-state index in [0.717, 1.165) is 12.1 Å². The highest BCUT2D eigenvalue weighted by Gasteiger charge is 2.37. The highest BCUT2D eigenvalue weighted by molar-refractivity contribution is 6.33. The molecule has 0 aliphatic heterocycles. The molecule has 0 amide bonds. The number of halogens is 4. The molecule has 0 heterocycles. The third kappa shape index (κ3) is 1.80. The van der Waals surface area contributed by atoms with Gasteiger partial charge in [0, 0.05) is 0 Å². The molecule has 6 heteroatoms. The van der Waals surface area contributed by atoms with Gasteiger partial charge in [0.05, 0.1) is 5.02 Å².